The van der Waals surface area contributed by atoms with E-state index >= 15 is 0 Å². The van der Waals surface area contributed by atoms with Gasteiger partial charge in [0.25, 0.3) is 11.6 Å². The van der Waals surface area contributed by atoms with Gasteiger partial charge in [0.1, 0.15) is 23.1 Å². The summed E-state index contributed by atoms with van der Waals surface area (Å²) in [4.78, 5) is 23.0. The summed E-state index contributed by atoms with van der Waals surface area (Å²) in [6.45, 7) is 0. The van der Waals surface area contributed by atoms with E-state index in [1.807, 2.05) is 0 Å². The molecule has 0 aliphatic rings. The molecular weight excluding hydrogens is 360 g/mol. The Hall–Kier alpha value is -4.38. The number of nitriles is 1. The van der Waals surface area contributed by atoms with Crippen LogP contribution >= 0.6 is 0 Å². The van der Waals surface area contributed by atoms with E-state index < -0.39 is 10.8 Å². The molecule has 3 aromatic rings. The van der Waals surface area contributed by atoms with Crippen LogP contribution in [0.15, 0.2) is 72.4 Å². The van der Waals surface area contributed by atoms with Gasteiger partial charge >= 0.3 is 0 Å². The van der Waals surface area contributed by atoms with Gasteiger partial charge in [0.05, 0.1) is 4.92 Å². The second-order valence-electron chi connectivity index (χ2n) is 5.72. The molecule has 3 N–H and O–H groups in total. The Morgan fingerprint density at radius 2 is 1.71 bits per heavy atom. The average Bonchev–Trinajstić information content (AvgIpc) is 2.69. The second kappa shape index (κ2) is 7.88. The number of anilines is 2. The number of hydrogen-bond acceptors (Lipinski definition) is 6. The Morgan fingerprint density at radius 3 is 2.46 bits per heavy atom. The summed E-state index contributed by atoms with van der Waals surface area (Å²) in [6.07, 6.45) is 1.11. The van der Waals surface area contributed by atoms with E-state index in [9.17, 15) is 25.3 Å². The van der Waals surface area contributed by atoms with Crippen LogP contribution in [0.5, 0.6) is 5.75 Å². The Balaban J connectivity index is 1.86. The van der Waals surface area contributed by atoms with E-state index in [1.165, 1.54) is 24.3 Å². The number of carbonyl (C=O) groups is 1. The van der Waals surface area contributed by atoms with Crippen LogP contribution in [0, 0.1) is 21.4 Å². The van der Waals surface area contributed by atoms with Gasteiger partial charge in [0.15, 0.2) is 0 Å². The molecule has 0 atom stereocenters. The minimum absolute atomic E-state index is 0.0719. The SMILES string of the molecule is N#C/C(=C/Nc1ccccc1[N+](=O)[O-])C(=O)Nc1cccc2c(O)cccc12. The van der Waals surface area contributed by atoms with Gasteiger partial charge < -0.3 is 15.7 Å². The van der Waals surface area contributed by atoms with Crippen molar-refractivity contribution in [2.24, 2.45) is 0 Å². The molecule has 0 aliphatic carbocycles. The Bertz CT molecular complexity index is 1150. The van der Waals surface area contributed by atoms with E-state index in [0.717, 1.165) is 6.20 Å². The lowest BCUT2D eigenvalue weighted by molar-refractivity contribution is -0.383. The Labute approximate surface area is 159 Å². The quantitative estimate of drug-likeness (QED) is 0.269. The molecule has 1 amide bonds. The first-order valence-electron chi connectivity index (χ1n) is 8.13. The smallest absolute Gasteiger partial charge is 0.292 e. The van der Waals surface area contributed by atoms with E-state index in [2.05, 4.69) is 10.6 Å². The Morgan fingerprint density at radius 1 is 1.04 bits per heavy atom. The van der Waals surface area contributed by atoms with Crippen molar-refractivity contribution in [3.63, 3.8) is 0 Å². The molecule has 0 radical (unpaired) electrons. The van der Waals surface area contributed by atoms with E-state index in [4.69, 9.17) is 0 Å². The van der Waals surface area contributed by atoms with Crippen LogP contribution in [0.25, 0.3) is 10.8 Å². The third kappa shape index (κ3) is 3.73. The molecule has 3 rings (SSSR count). The van der Waals surface area contributed by atoms with Crippen molar-refractivity contribution < 1.29 is 14.8 Å². The summed E-state index contributed by atoms with van der Waals surface area (Å²) in [5.41, 5.74) is 0.129. The second-order valence-corrected chi connectivity index (χ2v) is 5.72. The Kier molecular flexibility index (Phi) is 5.18. The standard InChI is InChI=1S/C20H14N4O4/c21-11-13(12-22-17-7-1-2-9-18(17)24(27)28)20(26)23-16-8-3-6-15-14(16)5-4-10-19(15)25/h1-10,12,22,25H,(H,23,26)/b13-12-. The number of nitrogens with zero attached hydrogens (tertiary/aromatic N) is 2. The van der Waals surface area contributed by atoms with Gasteiger partial charge in [-0.3, -0.25) is 14.9 Å². The zero-order valence-corrected chi connectivity index (χ0v) is 14.4. The number of nitro benzene ring substituents is 1. The number of phenols is 1. The van der Waals surface area contributed by atoms with Gasteiger partial charge in [-0.05, 0) is 18.2 Å². The molecule has 0 bridgehead atoms. The highest BCUT2D eigenvalue weighted by atomic mass is 16.6. The van der Waals surface area contributed by atoms with Crippen LogP contribution in [-0.4, -0.2) is 15.9 Å². The molecule has 138 valence electrons. The molecule has 3 aromatic carbocycles. The molecule has 28 heavy (non-hydrogen) atoms. The van der Waals surface area contributed by atoms with Gasteiger partial charge in [-0.1, -0.05) is 36.4 Å². The fourth-order valence-electron chi connectivity index (χ4n) is 2.65. The number of benzene rings is 3. The van der Waals surface area contributed by atoms with Crippen LogP contribution < -0.4 is 10.6 Å². The van der Waals surface area contributed by atoms with Crippen molar-refractivity contribution in [1.82, 2.24) is 0 Å². The number of fused-ring (bicyclic) bond motifs is 1. The maximum absolute atomic E-state index is 12.5. The average molecular weight is 374 g/mol. The highest BCUT2D eigenvalue weighted by molar-refractivity contribution is 6.11. The normalized spacial score (nSPS) is 10.9. The van der Waals surface area contributed by atoms with Gasteiger partial charge in [0.2, 0.25) is 0 Å². The van der Waals surface area contributed by atoms with Crippen molar-refractivity contribution >= 4 is 33.7 Å². The lowest BCUT2D eigenvalue weighted by Gasteiger charge is -2.09. The molecule has 0 saturated heterocycles. The third-order valence-corrected chi connectivity index (χ3v) is 3.99. The molecule has 0 fully saturated rings. The third-order valence-electron chi connectivity index (χ3n) is 3.99. The maximum Gasteiger partial charge on any atom is 0.292 e. The molecule has 0 aliphatic heterocycles. The zero-order valence-electron chi connectivity index (χ0n) is 14.4. The number of para-hydroxylation sites is 2. The van der Waals surface area contributed by atoms with Crippen molar-refractivity contribution in [2.45, 2.75) is 0 Å². The van der Waals surface area contributed by atoms with E-state index in [1.54, 1.807) is 42.5 Å². The molecule has 0 heterocycles. The highest BCUT2D eigenvalue weighted by Crippen LogP contribution is 2.30. The van der Waals surface area contributed by atoms with E-state index in [0.29, 0.717) is 16.5 Å². The molecule has 0 unspecified atom stereocenters. The lowest BCUT2D eigenvalue weighted by Crippen LogP contribution is -2.15. The largest absolute Gasteiger partial charge is 0.507 e. The van der Waals surface area contributed by atoms with Gasteiger partial charge in [-0.2, -0.15) is 5.26 Å². The van der Waals surface area contributed by atoms with Crippen LogP contribution in [0.3, 0.4) is 0 Å². The number of nitro groups is 1. The lowest BCUT2D eigenvalue weighted by atomic mass is 10.1. The molecule has 8 nitrogen and oxygen atoms in total. The predicted octanol–water partition coefficient (Wildman–Crippen LogP) is 3.91. The minimum Gasteiger partial charge on any atom is -0.507 e. The fourth-order valence-corrected chi connectivity index (χ4v) is 2.65. The minimum atomic E-state index is -0.690. The molecule has 8 heteroatoms. The summed E-state index contributed by atoms with van der Waals surface area (Å²) in [5.74, 6) is -0.618. The first kappa shape index (κ1) is 18.4. The van der Waals surface area contributed by atoms with Gasteiger partial charge in [-0.15, -0.1) is 0 Å². The van der Waals surface area contributed by atoms with Crippen LogP contribution in [0.2, 0.25) is 0 Å². The number of hydrogen-bond donors (Lipinski definition) is 3. The first-order chi connectivity index (χ1) is 13.5. The summed E-state index contributed by atoms with van der Waals surface area (Å²) in [6, 6.07) is 17.6. The van der Waals surface area contributed by atoms with Gasteiger partial charge in [0, 0.05) is 28.7 Å². The topological polar surface area (TPSA) is 128 Å². The maximum atomic E-state index is 12.5. The van der Waals surface area contributed by atoms with Crippen molar-refractivity contribution in [1.29, 1.82) is 5.26 Å². The highest BCUT2D eigenvalue weighted by Gasteiger charge is 2.14. The molecule has 0 aromatic heterocycles. The summed E-state index contributed by atoms with van der Waals surface area (Å²) in [7, 11) is 0. The summed E-state index contributed by atoms with van der Waals surface area (Å²) >= 11 is 0. The molecular formula is C20H14N4O4. The van der Waals surface area contributed by atoms with Crippen molar-refractivity contribution in [3.8, 4) is 11.8 Å². The van der Waals surface area contributed by atoms with Crippen LogP contribution in [-0.2, 0) is 4.79 Å². The number of rotatable bonds is 5. The summed E-state index contributed by atoms with van der Waals surface area (Å²) < 4.78 is 0. The van der Waals surface area contributed by atoms with Crippen LogP contribution in [0.4, 0.5) is 17.1 Å². The summed E-state index contributed by atoms with van der Waals surface area (Å²) in [5, 5.41) is 36.7. The first-order valence-corrected chi connectivity index (χ1v) is 8.13. The number of amides is 1. The number of aromatic hydroxyl groups is 1. The van der Waals surface area contributed by atoms with E-state index in [-0.39, 0.29) is 22.7 Å². The monoisotopic (exact) mass is 374 g/mol. The zero-order chi connectivity index (χ0) is 20.1. The van der Waals surface area contributed by atoms with Crippen LogP contribution in [0.1, 0.15) is 0 Å². The van der Waals surface area contributed by atoms with Crippen molar-refractivity contribution in [2.75, 3.05) is 10.6 Å². The number of nitrogens with one attached hydrogen (secondary N) is 2. The number of phenolic OH excluding ortho intramolecular Hbond substituents is 1. The predicted molar refractivity (Wildman–Crippen MR) is 105 cm³/mol. The molecule has 0 spiro atoms. The molecule has 0 saturated carbocycles. The van der Waals surface area contributed by atoms with Gasteiger partial charge in [-0.25, -0.2) is 0 Å². The fraction of sp³-hybridized carbons (Fsp3) is 0. The number of carbonyl (C=O) groups excluding carboxylic acids is 1. The van der Waals surface area contributed by atoms with Crippen molar-refractivity contribution in [3.05, 3.63) is 82.6 Å².